The maximum Gasteiger partial charge on any atom is 0.266 e. The summed E-state index contributed by atoms with van der Waals surface area (Å²) in [6, 6.07) is 6.15. The molecule has 0 spiro atoms. The van der Waals surface area contributed by atoms with Gasteiger partial charge in [-0.15, -0.1) is 5.10 Å². The van der Waals surface area contributed by atoms with Gasteiger partial charge in [0, 0.05) is 30.9 Å². The second-order valence-electron chi connectivity index (χ2n) is 7.31. The minimum absolute atomic E-state index is 0.0814. The van der Waals surface area contributed by atoms with Crippen LogP contribution < -0.4 is 0 Å². The topological polar surface area (TPSA) is 74.6 Å². The van der Waals surface area contributed by atoms with E-state index in [1.807, 2.05) is 40.1 Å². The second-order valence-corrected chi connectivity index (χ2v) is 7.31. The molecule has 2 aromatic rings. The van der Waals surface area contributed by atoms with Crippen LogP contribution in [0, 0.1) is 13.8 Å². The lowest BCUT2D eigenvalue weighted by atomic mass is 10.1. The lowest BCUT2D eigenvalue weighted by Gasteiger charge is -2.27. The van der Waals surface area contributed by atoms with Crippen LogP contribution in [0.3, 0.4) is 0 Å². The number of benzene rings is 1. The van der Waals surface area contributed by atoms with Crippen molar-refractivity contribution in [3.8, 4) is 11.4 Å². The second kappa shape index (κ2) is 8.35. The van der Waals surface area contributed by atoms with Crippen molar-refractivity contribution in [3.05, 3.63) is 41.7 Å². The number of carbonyl (C=O) groups is 2. The molecule has 1 aromatic heterocycles. The van der Waals surface area contributed by atoms with Gasteiger partial charge < -0.3 is 4.90 Å². The molecule has 8 heteroatoms. The van der Waals surface area contributed by atoms with Crippen molar-refractivity contribution in [2.24, 2.45) is 0 Å². The normalized spacial score (nSPS) is 14.5. The number of carbonyl (C=O) groups excluding carboxylic acids is 2. The predicted molar refractivity (Wildman–Crippen MR) is 107 cm³/mol. The minimum Gasteiger partial charge on any atom is -0.301 e. The van der Waals surface area contributed by atoms with Gasteiger partial charge in [-0.25, -0.2) is 14.7 Å². The van der Waals surface area contributed by atoms with E-state index in [4.69, 9.17) is 0 Å². The molecule has 0 atom stereocenters. The van der Waals surface area contributed by atoms with Gasteiger partial charge in [-0.1, -0.05) is 17.2 Å². The first kappa shape index (κ1) is 19.8. The van der Waals surface area contributed by atoms with E-state index in [0.29, 0.717) is 18.9 Å². The predicted octanol–water partition coefficient (Wildman–Crippen LogP) is 1.57. The molecular weight excluding hydrogens is 356 g/mol. The fourth-order valence-corrected chi connectivity index (χ4v) is 3.26. The maximum absolute atomic E-state index is 12.6. The third-order valence-electron chi connectivity index (χ3n) is 4.38. The molecular formula is C20H26N6O2. The van der Waals surface area contributed by atoms with Crippen LogP contribution in [0.2, 0.25) is 0 Å². The summed E-state index contributed by atoms with van der Waals surface area (Å²) in [6.45, 7) is 5.44. The number of hydrogen-bond acceptors (Lipinski definition) is 5. The van der Waals surface area contributed by atoms with Crippen LogP contribution in [0.1, 0.15) is 17.5 Å². The molecule has 148 valence electrons. The molecule has 0 N–H and O–H groups in total. The summed E-state index contributed by atoms with van der Waals surface area (Å²) in [7, 11) is 3.66. The Hall–Kier alpha value is -3.00. The van der Waals surface area contributed by atoms with Crippen LogP contribution in [-0.2, 0) is 9.59 Å². The minimum atomic E-state index is -0.243. The fourth-order valence-electron chi connectivity index (χ4n) is 3.26. The highest BCUT2D eigenvalue weighted by atomic mass is 16.2. The number of likely N-dealkylation sites (N-methyl/N-ethyl adjacent to an activating group) is 1. The molecule has 0 bridgehead atoms. The van der Waals surface area contributed by atoms with Crippen LogP contribution in [-0.4, -0.2) is 75.2 Å². The summed E-state index contributed by atoms with van der Waals surface area (Å²) in [5, 5.41) is 7.43. The molecule has 0 radical (unpaired) electrons. The Labute approximate surface area is 165 Å². The largest absolute Gasteiger partial charge is 0.301 e. The van der Waals surface area contributed by atoms with E-state index in [2.05, 4.69) is 16.1 Å². The standard InChI is InChI=1S/C20H26N6O2/c1-15-10-16(2)12-17(11-15)20-21-14-24(22-20)9-6-18(27)25-7-5-8-26(25)19(28)13-23(3)4/h6,9-12,14H,5,7-8,13H2,1-4H3/b9-6-. The van der Waals surface area contributed by atoms with Gasteiger partial charge in [-0.05, 0) is 46.5 Å². The van der Waals surface area contributed by atoms with E-state index in [1.165, 1.54) is 20.8 Å². The zero-order valence-electron chi connectivity index (χ0n) is 16.8. The molecule has 1 aromatic carbocycles. The van der Waals surface area contributed by atoms with Crippen molar-refractivity contribution in [3.63, 3.8) is 0 Å². The summed E-state index contributed by atoms with van der Waals surface area (Å²) in [5.74, 6) is 0.281. The zero-order chi connectivity index (χ0) is 20.3. The molecule has 1 fully saturated rings. The highest BCUT2D eigenvalue weighted by Crippen LogP contribution is 2.18. The van der Waals surface area contributed by atoms with Gasteiger partial charge in [0.15, 0.2) is 5.82 Å². The molecule has 1 saturated heterocycles. The molecule has 1 aliphatic rings. The monoisotopic (exact) mass is 382 g/mol. The van der Waals surface area contributed by atoms with Crippen molar-refractivity contribution in [1.29, 1.82) is 0 Å². The number of aromatic nitrogens is 3. The Bertz CT molecular complexity index is 882. The number of rotatable bonds is 5. The Morgan fingerprint density at radius 3 is 2.46 bits per heavy atom. The Kier molecular flexibility index (Phi) is 5.89. The molecule has 8 nitrogen and oxygen atoms in total. The van der Waals surface area contributed by atoms with E-state index >= 15 is 0 Å². The van der Waals surface area contributed by atoms with Crippen molar-refractivity contribution in [1.82, 2.24) is 29.7 Å². The SMILES string of the molecule is Cc1cc(C)cc(-c2ncn(/C=C\C(=O)N3CCCN3C(=O)CN(C)C)n2)c1. The van der Waals surface area contributed by atoms with Crippen LogP contribution in [0.15, 0.2) is 30.6 Å². The van der Waals surface area contributed by atoms with Gasteiger partial charge in [0.2, 0.25) is 0 Å². The summed E-state index contributed by atoms with van der Waals surface area (Å²) >= 11 is 0. The van der Waals surface area contributed by atoms with Crippen molar-refractivity contribution in [2.75, 3.05) is 33.7 Å². The molecule has 28 heavy (non-hydrogen) atoms. The lowest BCUT2D eigenvalue weighted by molar-refractivity contribution is -0.155. The van der Waals surface area contributed by atoms with Crippen molar-refractivity contribution < 1.29 is 9.59 Å². The zero-order valence-corrected chi connectivity index (χ0v) is 16.8. The number of hydrogen-bond donors (Lipinski definition) is 0. The average Bonchev–Trinajstić information content (AvgIpc) is 3.28. The summed E-state index contributed by atoms with van der Waals surface area (Å²) in [6.07, 6.45) is 5.32. The van der Waals surface area contributed by atoms with Gasteiger partial charge in [0.25, 0.3) is 11.8 Å². The summed E-state index contributed by atoms with van der Waals surface area (Å²) in [4.78, 5) is 31.0. The molecule has 0 saturated carbocycles. The van der Waals surface area contributed by atoms with Crippen LogP contribution >= 0.6 is 0 Å². The van der Waals surface area contributed by atoms with Gasteiger partial charge >= 0.3 is 0 Å². The molecule has 0 unspecified atom stereocenters. The lowest BCUT2D eigenvalue weighted by Crippen LogP contribution is -2.47. The van der Waals surface area contributed by atoms with E-state index in [0.717, 1.165) is 23.1 Å². The van der Waals surface area contributed by atoms with Gasteiger partial charge in [0.1, 0.15) is 6.33 Å². The van der Waals surface area contributed by atoms with Crippen LogP contribution in [0.25, 0.3) is 17.6 Å². The molecule has 1 aliphatic heterocycles. The van der Waals surface area contributed by atoms with Gasteiger partial charge in [-0.2, -0.15) is 0 Å². The van der Waals surface area contributed by atoms with E-state index in [1.54, 1.807) is 17.4 Å². The Morgan fingerprint density at radius 1 is 1.11 bits per heavy atom. The van der Waals surface area contributed by atoms with E-state index in [9.17, 15) is 9.59 Å². The smallest absolute Gasteiger partial charge is 0.266 e. The van der Waals surface area contributed by atoms with Crippen molar-refractivity contribution in [2.45, 2.75) is 20.3 Å². The number of amides is 2. The van der Waals surface area contributed by atoms with Gasteiger partial charge in [0.05, 0.1) is 6.54 Å². The van der Waals surface area contributed by atoms with Crippen molar-refractivity contribution >= 4 is 18.0 Å². The quantitative estimate of drug-likeness (QED) is 0.734. The Morgan fingerprint density at radius 2 is 1.79 bits per heavy atom. The third kappa shape index (κ3) is 4.64. The number of aryl methyl sites for hydroxylation is 2. The fraction of sp³-hybridized carbons (Fsp3) is 0.400. The van der Waals surface area contributed by atoms with E-state index in [-0.39, 0.29) is 18.4 Å². The molecule has 2 heterocycles. The molecule has 0 aliphatic carbocycles. The van der Waals surface area contributed by atoms with Crippen LogP contribution in [0.5, 0.6) is 0 Å². The first-order valence-corrected chi connectivity index (χ1v) is 9.28. The van der Waals surface area contributed by atoms with Gasteiger partial charge in [-0.3, -0.25) is 14.6 Å². The molecule has 3 rings (SSSR count). The maximum atomic E-state index is 12.6. The van der Waals surface area contributed by atoms with Crippen LogP contribution in [0.4, 0.5) is 0 Å². The summed E-state index contributed by atoms with van der Waals surface area (Å²) in [5.41, 5.74) is 3.23. The Balaban J connectivity index is 1.69. The number of hydrazine groups is 1. The molecule has 2 amide bonds. The van der Waals surface area contributed by atoms with E-state index < -0.39 is 0 Å². The first-order valence-electron chi connectivity index (χ1n) is 9.28. The summed E-state index contributed by atoms with van der Waals surface area (Å²) < 4.78 is 1.51. The average molecular weight is 382 g/mol. The highest BCUT2D eigenvalue weighted by Gasteiger charge is 2.29. The first-order chi connectivity index (χ1) is 13.3. The third-order valence-corrected chi connectivity index (χ3v) is 4.38. The number of nitrogens with zero attached hydrogens (tertiary/aromatic N) is 6. The highest BCUT2D eigenvalue weighted by molar-refractivity contribution is 5.92.